The normalized spacial score (nSPS) is 13.2. The molecule has 0 radical (unpaired) electrons. The molecule has 28 heavy (non-hydrogen) atoms. The van der Waals surface area contributed by atoms with Crippen LogP contribution in [0.4, 0.5) is 13.6 Å². The molecule has 2 aromatic carbocycles. The molecule has 3 aromatic rings. The van der Waals surface area contributed by atoms with Gasteiger partial charge in [0.15, 0.2) is 11.6 Å². The van der Waals surface area contributed by atoms with Gasteiger partial charge in [-0.05, 0) is 36.4 Å². The average molecular weight is 385 g/mol. The maximum Gasteiger partial charge on any atom is 0.318 e. The molecule has 2 amide bonds. The van der Waals surface area contributed by atoms with E-state index in [9.17, 15) is 18.4 Å². The van der Waals surface area contributed by atoms with E-state index in [4.69, 9.17) is 0 Å². The fraction of sp³-hybridized carbons (Fsp3) is 0.238. The number of pyridine rings is 1. The lowest BCUT2D eigenvalue weighted by atomic mass is 10.0. The topological polar surface area (TPSA) is 65.2 Å². The Morgan fingerprint density at radius 3 is 2.46 bits per heavy atom. The average Bonchev–Trinajstić information content (AvgIpc) is 2.70. The number of hydrogen-bond donors (Lipinski definition) is 2. The number of carbonyl (C=O) groups excluding carboxylic acids is 1. The summed E-state index contributed by atoms with van der Waals surface area (Å²) in [6.07, 6.45) is 1.43. The number of aromatic amines is 1. The Bertz CT molecular complexity index is 1070. The van der Waals surface area contributed by atoms with Crippen LogP contribution in [0.2, 0.25) is 0 Å². The first-order chi connectivity index (χ1) is 13.3. The minimum absolute atomic E-state index is 0.206. The van der Waals surface area contributed by atoms with Crippen molar-refractivity contribution in [3.8, 4) is 0 Å². The van der Waals surface area contributed by atoms with Crippen molar-refractivity contribution in [2.45, 2.75) is 25.9 Å². The summed E-state index contributed by atoms with van der Waals surface area (Å²) in [5, 5.41) is 2.83. The molecule has 0 saturated heterocycles. The number of amides is 2. The van der Waals surface area contributed by atoms with Crippen LogP contribution in [0, 0.1) is 11.6 Å². The number of urea groups is 1. The Balaban J connectivity index is 1.88. The Kier molecular flexibility index (Phi) is 5.44. The molecule has 146 valence electrons. The zero-order valence-corrected chi connectivity index (χ0v) is 15.8. The molecule has 0 aliphatic heterocycles. The molecular weight excluding hydrogens is 364 g/mol. The van der Waals surface area contributed by atoms with Gasteiger partial charge in [-0.3, -0.25) is 4.79 Å². The molecule has 5 nitrogen and oxygen atoms in total. The van der Waals surface area contributed by atoms with E-state index in [0.717, 1.165) is 11.6 Å². The van der Waals surface area contributed by atoms with Gasteiger partial charge in [0.25, 0.3) is 5.56 Å². The molecule has 3 rings (SSSR count). The predicted molar refractivity (Wildman–Crippen MR) is 104 cm³/mol. The van der Waals surface area contributed by atoms with E-state index in [1.165, 1.54) is 17.2 Å². The van der Waals surface area contributed by atoms with E-state index in [2.05, 4.69) is 10.3 Å². The van der Waals surface area contributed by atoms with Crippen molar-refractivity contribution in [1.29, 1.82) is 0 Å². The fourth-order valence-electron chi connectivity index (χ4n) is 3.15. The third-order valence-corrected chi connectivity index (χ3v) is 4.98. The standard InChI is InChI=1S/C21H21F2N3O2/c1-12(14-7-5-4-6-8-14)25-21(28)26(3)13(2)16-11-24-20(27)18-15(16)9-10-17(22)19(18)23/h4-13H,1-3H3,(H,24,27)(H,25,28)/t12-,13?/m1/s1. The third-order valence-electron chi connectivity index (χ3n) is 4.98. The SMILES string of the molecule is CC(c1c[nH]c(=O)c2c(F)c(F)ccc12)N(C)C(=O)N[C@H](C)c1ccccc1. The molecule has 1 heterocycles. The smallest absolute Gasteiger partial charge is 0.318 e. The van der Waals surface area contributed by atoms with Gasteiger partial charge in [-0.15, -0.1) is 0 Å². The largest absolute Gasteiger partial charge is 0.331 e. The van der Waals surface area contributed by atoms with Crippen LogP contribution in [0.1, 0.15) is 37.1 Å². The van der Waals surface area contributed by atoms with Crippen LogP contribution >= 0.6 is 0 Å². The number of hydrogen-bond acceptors (Lipinski definition) is 2. The van der Waals surface area contributed by atoms with Crippen molar-refractivity contribution in [3.05, 3.63) is 81.8 Å². The van der Waals surface area contributed by atoms with Gasteiger partial charge < -0.3 is 15.2 Å². The summed E-state index contributed by atoms with van der Waals surface area (Å²) in [7, 11) is 1.61. The van der Waals surface area contributed by atoms with Gasteiger partial charge in [0, 0.05) is 13.2 Å². The Morgan fingerprint density at radius 2 is 1.79 bits per heavy atom. The highest BCUT2D eigenvalue weighted by Crippen LogP contribution is 2.27. The molecule has 0 aliphatic carbocycles. The number of H-pyrrole nitrogens is 1. The molecule has 0 fully saturated rings. The summed E-state index contributed by atoms with van der Waals surface area (Å²) < 4.78 is 27.7. The molecule has 7 heteroatoms. The quantitative estimate of drug-likeness (QED) is 0.704. The maximum atomic E-state index is 14.1. The first-order valence-corrected chi connectivity index (χ1v) is 8.88. The molecule has 0 bridgehead atoms. The molecule has 1 unspecified atom stereocenters. The van der Waals surface area contributed by atoms with Crippen LogP contribution in [0.5, 0.6) is 0 Å². The van der Waals surface area contributed by atoms with E-state index in [-0.39, 0.29) is 22.8 Å². The van der Waals surface area contributed by atoms with E-state index >= 15 is 0 Å². The maximum absolute atomic E-state index is 14.1. The highest BCUT2D eigenvalue weighted by molar-refractivity contribution is 5.86. The molecule has 0 spiro atoms. The van der Waals surface area contributed by atoms with Crippen LogP contribution < -0.4 is 10.9 Å². The fourth-order valence-corrected chi connectivity index (χ4v) is 3.15. The highest BCUT2D eigenvalue weighted by Gasteiger charge is 2.23. The lowest BCUT2D eigenvalue weighted by Gasteiger charge is -2.28. The van der Waals surface area contributed by atoms with Crippen LogP contribution in [0.15, 0.2) is 53.5 Å². The first-order valence-electron chi connectivity index (χ1n) is 8.88. The van der Waals surface area contributed by atoms with Gasteiger partial charge in [-0.1, -0.05) is 36.4 Å². The number of carbonyl (C=O) groups is 1. The summed E-state index contributed by atoms with van der Waals surface area (Å²) in [6, 6.07) is 10.8. The van der Waals surface area contributed by atoms with E-state index in [1.54, 1.807) is 14.0 Å². The van der Waals surface area contributed by atoms with Crippen molar-refractivity contribution in [2.24, 2.45) is 0 Å². The van der Waals surface area contributed by atoms with Crippen LogP contribution in [-0.2, 0) is 0 Å². The van der Waals surface area contributed by atoms with Crippen molar-refractivity contribution in [2.75, 3.05) is 7.05 Å². The first kappa shape index (κ1) is 19.5. The Labute approximate surface area is 161 Å². The number of rotatable bonds is 4. The van der Waals surface area contributed by atoms with Crippen molar-refractivity contribution in [3.63, 3.8) is 0 Å². The third kappa shape index (κ3) is 3.60. The van der Waals surface area contributed by atoms with Gasteiger partial charge in [0.05, 0.1) is 17.5 Å². The van der Waals surface area contributed by atoms with E-state index < -0.39 is 23.2 Å². The van der Waals surface area contributed by atoms with E-state index in [1.807, 2.05) is 37.3 Å². The minimum atomic E-state index is -1.20. The molecule has 0 aliphatic rings. The number of aromatic nitrogens is 1. The summed E-state index contributed by atoms with van der Waals surface area (Å²) in [4.78, 5) is 28.5. The van der Waals surface area contributed by atoms with Gasteiger partial charge in [0.1, 0.15) is 0 Å². The summed E-state index contributed by atoms with van der Waals surface area (Å²) >= 11 is 0. The number of nitrogens with one attached hydrogen (secondary N) is 2. The highest BCUT2D eigenvalue weighted by atomic mass is 19.2. The zero-order chi connectivity index (χ0) is 20.4. The van der Waals surface area contributed by atoms with Crippen molar-refractivity contribution < 1.29 is 13.6 Å². The van der Waals surface area contributed by atoms with Gasteiger partial charge in [-0.2, -0.15) is 0 Å². The number of fused-ring (bicyclic) bond motifs is 1. The Morgan fingerprint density at radius 1 is 1.11 bits per heavy atom. The minimum Gasteiger partial charge on any atom is -0.331 e. The predicted octanol–water partition coefficient (Wildman–Crippen LogP) is 4.27. The van der Waals surface area contributed by atoms with Crippen molar-refractivity contribution in [1.82, 2.24) is 15.2 Å². The van der Waals surface area contributed by atoms with Gasteiger partial charge in [0.2, 0.25) is 0 Å². The lowest BCUT2D eigenvalue weighted by Crippen LogP contribution is -2.40. The summed E-state index contributed by atoms with van der Waals surface area (Å²) in [5.41, 5.74) is 0.759. The second-order valence-corrected chi connectivity index (χ2v) is 6.73. The summed E-state index contributed by atoms with van der Waals surface area (Å²) in [6.45, 7) is 3.63. The molecule has 2 N–H and O–H groups in total. The lowest BCUT2D eigenvalue weighted by molar-refractivity contribution is 0.191. The molecular formula is C21H21F2N3O2. The van der Waals surface area contributed by atoms with Crippen molar-refractivity contribution >= 4 is 16.8 Å². The second-order valence-electron chi connectivity index (χ2n) is 6.73. The zero-order valence-electron chi connectivity index (χ0n) is 15.8. The molecule has 0 saturated carbocycles. The summed E-state index contributed by atoms with van der Waals surface area (Å²) in [5.74, 6) is -2.29. The van der Waals surface area contributed by atoms with Crippen LogP contribution in [0.3, 0.4) is 0 Å². The second kappa shape index (κ2) is 7.80. The molecule has 1 aromatic heterocycles. The van der Waals surface area contributed by atoms with E-state index in [0.29, 0.717) is 5.56 Å². The Hall–Kier alpha value is -3.22. The van der Waals surface area contributed by atoms with Gasteiger partial charge >= 0.3 is 6.03 Å². The van der Waals surface area contributed by atoms with Gasteiger partial charge in [-0.25, -0.2) is 13.6 Å². The number of nitrogens with zero attached hydrogens (tertiary/aromatic N) is 1. The number of benzene rings is 2. The number of halogens is 2. The molecule has 2 atom stereocenters. The van der Waals surface area contributed by atoms with Crippen LogP contribution in [-0.4, -0.2) is 23.0 Å². The monoisotopic (exact) mass is 385 g/mol. The van der Waals surface area contributed by atoms with Crippen LogP contribution in [0.25, 0.3) is 10.8 Å².